The van der Waals surface area contributed by atoms with Crippen molar-refractivity contribution in [3.05, 3.63) is 17.0 Å². The predicted octanol–water partition coefficient (Wildman–Crippen LogP) is 3.16. The zero-order valence-corrected chi connectivity index (χ0v) is 15.5. The topological polar surface area (TPSA) is 81.2 Å². The van der Waals surface area contributed by atoms with Crippen LogP contribution < -0.4 is 11.1 Å². The molecule has 0 unspecified atom stereocenters. The van der Waals surface area contributed by atoms with Crippen LogP contribution in [0.25, 0.3) is 0 Å². The summed E-state index contributed by atoms with van der Waals surface area (Å²) < 4.78 is 5.21. The van der Waals surface area contributed by atoms with Crippen LogP contribution >= 0.6 is 12.4 Å². The van der Waals surface area contributed by atoms with Gasteiger partial charge in [-0.15, -0.1) is 12.4 Å². The number of nitrogens with two attached hydrogens (primary N) is 1. The number of rotatable bonds is 4. The van der Waals surface area contributed by atoms with Crippen molar-refractivity contribution in [2.24, 2.45) is 5.73 Å². The fourth-order valence-electron chi connectivity index (χ4n) is 3.58. The smallest absolute Gasteiger partial charge is 0.230 e. The minimum atomic E-state index is -0.671. The van der Waals surface area contributed by atoms with E-state index in [-0.39, 0.29) is 23.9 Å². The highest BCUT2D eigenvalue weighted by molar-refractivity contribution is 5.87. The Labute approximate surface area is 145 Å². The van der Waals surface area contributed by atoms with E-state index in [0.29, 0.717) is 12.3 Å². The third-order valence-electron chi connectivity index (χ3n) is 4.93. The number of carbonyl (C=O) groups excluding carboxylic acids is 1. The van der Waals surface area contributed by atoms with Crippen molar-refractivity contribution < 1.29 is 9.32 Å². The summed E-state index contributed by atoms with van der Waals surface area (Å²) in [4.78, 5) is 12.7. The Morgan fingerprint density at radius 3 is 2.30 bits per heavy atom. The van der Waals surface area contributed by atoms with Crippen molar-refractivity contribution in [2.45, 2.75) is 77.2 Å². The van der Waals surface area contributed by atoms with Gasteiger partial charge < -0.3 is 15.6 Å². The van der Waals surface area contributed by atoms with Crippen molar-refractivity contribution in [1.29, 1.82) is 0 Å². The van der Waals surface area contributed by atoms with Crippen molar-refractivity contribution in [2.75, 3.05) is 6.54 Å². The largest absolute Gasteiger partial charge is 0.361 e. The van der Waals surface area contributed by atoms with Crippen LogP contribution in [0.2, 0.25) is 0 Å². The van der Waals surface area contributed by atoms with Gasteiger partial charge in [-0.3, -0.25) is 4.79 Å². The molecule has 1 amide bonds. The maximum atomic E-state index is 12.7. The third kappa shape index (κ3) is 4.48. The summed E-state index contributed by atoms with van der Waals surface area (Å²) in [5, 5.41) is 7.03. The molecule has 1 heterocycles. The summed E-state index contributed by atoms with van der Waals surface area (Å²) in [6.45, 7) is 8.08. The van der Waals surface area contributed by atoms with E-state index >= 15 is 0 Å². The maximum Gasteiger partial charge on any atom is 0.230 e. The first-order valence-corrected chi connectivity index (χ1v) is 8.27. The Morgan fingerprint density at radius 1 is 1.26 bits per heavy atom. The van der Waals surface area contributed by atoms with Crippen LogP contribution in [0.3, 0.4) is 0 Å². The quantitative estimate of drug-likeness (QED) is 0.823. The molecule has 1 aliphatic rings. The second kappa shape index (κ2) is 7.67. The predicted molar refractivity (Wildman–Crippen MR) is 93.9 cm³/mol. The number of nitrogens with zero attached hydrogens (tertiary/aromatic N) is 1. The van der Waals surface area contributed by atoms with Gasteiger partial charge in [0.2, 0.25) is 5.91 Å². The molecule has 0 aromatic carbocycles. The summed E-state index contributed by atoms with van der Waals surface area (Å²) in [6, 6.07) is 0. The van der Waals surface area contributed by atoms with Crippen molar-refractivity contribution in [1.82, 2.24) is 10.5 Å². The van der Waals surface area contributed by atoms with E-state index < -0.39 is 5.41 Å². The summed E-state index contributed by atoms with van der Waals surface area (Å²) in [5.74, 6) is 0.686. The van der Waals surface area contributed by atoms with E-state index in [0.717, 1.165) is 36.9 Å². The number of amides is 1. The highest BCUT2D eigenvalue weighted by Gasteiger charge is 2.36. The second-order valence-corrected chi connectivity index (χ2v) is 7.28. The summed E-state index contributed by atoms with van der Waals surface area (Å²) in [7, 11) is 0. The molecule has 1 fully saturated rings. The van der Waals surface area contributed by atoms with Crippen molar-refractivity contribution in [3.63, 3.8) is 0 Å². The van der Waals surface area contributed by atoms with E-state index in [1.807, 2.05) is 27.7 Å². The first-order chi connectivity index (χ1) is 10.3. The fourth-order valence-corrected chi connectivity index (χ4v) is 3.58. The molecule has 0 radical (unpaired) electrons. The lowest BCUT2D eigenvalue weighted by molar-refractivity contribution is -0.126. The number of nitrogens with one attached hydrogen (secondary N) is 1. The Bertz CT molecular complexity index is 512. The molecule has 1 aliphatic carbocycles. The zero-order chi connectivity index (χ0) is 16.4. The molecule has 0 atom stereocenters. The van der Waals surface area contributed by atoms with E-state index in [1.54, 1.807) is 0 Å². The molecule has 0 aliphatic heterocycles. The minimum absolute atomic E-state index is 0. The molecule has 0 spiro atoms. The molecule has 5 nitrogen and oxygen atoms in total. The van der Waals surface area contributed by atoms with Crippen LogP contribution in [0.5, 0.6) is 0 Å². The first-order valence-electron chi connectivity index (χ1n) is 8.27. The number of aryl methyl sites for hydroxylation is 2. The summed E-state index contributed by atoms with van der Waals surface area (Å²) in [6.07, 6.45) is 6.77. The maximum absolute atomic E-state index is 12.7. The molecule has 3 N–H and O–H groups in total. The van der Waals surface area contributed by atoms with E-state index in [4.69, 9.17) is 10.3 Å². The molecule has 1 aromatic rings. The van der Waals surface area contributed by atoms with Gasteiger partial charge in [-0.25, -0.2) is 0 Å². The molecule has 6 heteroatoms. The van der Waals surface area contributed by atoms with Crippen LogP contribution in [-0.4, -0.2) is 23.1 Å². The van der Waals surface area contributed by atoms with E-state index in [9.17, 15) is 4.79 Å². The molecule has 23 heavy (non-hydrogen) atoms. The molecule has 2 rings (SSSR count). The van der Waals surface area contributed by atoms with Crippen LogP contribution in [0.4, 0.5) is 0 Å². The molecular weight excluding hydrogens is 314 g/mol. The number of hydrogen-bond acceptors (Lipinski definition) is 4. The third-order valence-corrected chi connectivity index (χ3v) is 4.93. The highest BCUT2D eigenvalue weighted by Crippen LogP contribution is 2.30. The van der Waals surface area contributed by atoms with Crippen LogP contribution in [0.15, 0.2) is 4.52 Å². The fraction of sp³-hybridized carbons (Fsp3) is 0.765. The van der Waals surface area contributed by atoms with Crippen LogP contribution in [0.1, 0.15) is 69.4 Å². The molecule has 132 valence electrons. The lowest BCUT2D eigenvalue weighted by Crippen LogP contribution is -2.52. The van der Waals surface area contributed by atoms with E-state index in [2.05, 4.69) is 10.5 Å². The minimum Gasteiger partial charge on any atom is -0.361 e. The molecular formula is C17H30ClN3O2. The first kappa shape index (κ1) is 20.0. The van der Waals surface area contributed by atoms with Gasteiger partial charge in [0.1, 0.15) is 5.76 Å². The molecule has 1 saturated carbocycles. The lowest BCUT2D eigenvalue weighted by Gasteiger charge is -2.31. The Hall–Kier alpha value is -1.07. The van der Waals surface area contributed by atoms with Gasteiger partial charge >= 0.3 is 0 Å². The normalized spacial score (nSPS) is 18.0. The average Bonchev–Trinajstić information content (AvgIpc) is 2.66. The SMILES string of the molecule is Cc1noc(C)c1C(C)(C)C(=O)NCC1(N)CCCCCC1.Cl. The average molecular weight is 344 g/mol. The van der Waals surface area contributed by atoms with Crippen LogP contribution in [-0.2, 0) is 10.2 Å². The van der Waals surface area contributed by atoms with Gasteiger partial charge in [-0.1, -0.05) is 30.8 Å². The van der Waals surface area contributed by atoms with Gasteiger partial charge in [0.25, 0.3) is 0 Å². The Morgan fingerprint density at radius 2 is 1.83 bits per heavy atom. The monoisotopic (exact) mass is 343 g/mol. The van der Waals surface area contributed by atoms with Gasteiger partial charge in [0, 0.05) is 17.6 Å². The Balaban J connectivity index is 0.00000264. The second-order valence-electron chi connectivity index (χ2n) is 7.28. The summed E-state index contributed by atoms with van der Waals surface area (Å²) in [5.41, 5.74) is 7.19. The number of hydrogen-bond donors (Lipinski definition) is 2. The Kier molecular flexibility index (Phi) is 6.66. The molecule has 1 aromatic heterocycles. The molecule has 0 saturated heterocycles. The number of halogens is 1. The van der Waals surface area contributed by atoms with Crippen molar-refractivity contribution >= 4 is 18.3 Å². The van der Waals surface area contributed by atoms with E-state index in [1.165, 1.54) is 12.8 Å². The van der Waals surface area contributed by atoms with Crippen LogP contribution in [0, 0.1) is 13.8 Å². The van der Waals surface area contributed by atoms with Gasteiger partial charge in [0.05, 0.1) is 11.1 Å². The van der Waals surface area contributed by atoms with Gasteiger partial charge in [0.15, 0.2) is 0 Å². The molecule has 0 bridgehead atoms. The highest BCUT2D eigenvalue weighted by atomic mass is 35.5. The summed E-state index contributed by atoms with van der Waals surface area (Å²) >= 11 is 0. The lowest BCUT2D eigenvalue weighted by atomic mass is 9.82. The van der Waals surface area contributed by atoms with Gasteiger partial charge in [-0.05, 0) is 40.5 Å². The number of aromatic nitrogens is 1. The zero-order valence-electron chi connectivity index (χ0n) is 14.7. The number of carbonyl (C=O) groups is 1. The standard InChI is InChI=1S/C17H29N3O2.ClH/c1-12-14(13(2)22-20-12)16(3,4)15(21)19-11-17(18)9-7-5-6-8-10-17;/h5-11,18H2,1-4H3,(H,19,21);1H. The van der Waals surface area contributed by atoms with Crippen molar-refractivity contribution in [3.8, 4) is 0 Å². The van der Waals surface area contributed by atoms with Gasteiger partial charge in [-0.2, -0.15) is 0 Å².